The summed E-state index contributed by atoms with van der Waals surface area (Å²) in [5.41, 5.74) is -2.59. The topological polar surface area (TPSA) is 87.7 Å². The largest absolute Gasteiger partial charge is 0.548 e. The van der Waals surface area contributed by atoms with Gasteiger partial charge in [-0.1, -0.05) is 23.7 Å². The highest BCUT2D eigenvalue weighted by Crippen LogP contribution is 2.33. The van der Waals surface area contributed by atoms with E-state index >= 15 is 0 Å². The summed E-state index contributed by atoms with van der Waals surface area (Å²) in [4.78, 5) is 23.6. The summed E-state index contributed by atoms with van der Waals surface area (Å²) in [7, 11) is 0. The van der Waals surface area contributed by atoms with Crippen molar-refractivity contribution < 1.29 is 37.3 Å². The number of nitrogens with one attached hydrogen (secondary N) is 1. The van der Waals surface area contributed by atoms with Crippen molar-refractivity contribution in [3.8, 4) is 11.5 Å². The smallest absolute Gasteiger partial charge is 0.416 e. The molecule has 1 amide bonds. The number of carbonyl (C=O) groups is 2. The number of alkyl halides is 3. The molecule has 0 radical (unpaired) electrons. The van der Waals surface area contributed by atoms with E-state index in [4.69, 9.17) is 21.1 Å². The Kier molecular flexibility index (Phi) is 8.47. The minimum absolute atomic E-state index is 0.0107. The zero-order valence-electron chi connectivity index (χ0n) is 19.2. The predicted octanol–water partition coefficient (Wildman–Crippen LogP) is 5.51. The van der Waals surface area contributed by atoms with Gasteiger partial charge in [-0.15, -0.1) is 0 Å². The predicted molar refractivity (Wildman–Crippen MR) is 119 cm³/mol. The summed E-state index contributed by atoms with van der Waals surface area (Å²) >= 11 is 6.29. The van der Waals surface area contributed by atoms with Gasteiger partial charge in [0.2, 0.25) is 0 Å². The van der Waals surface area contributed by atoms with E-state index in [0.29, 0.717) is 23.4 Å². The van der Waals surface area contributed by atoms with E-state index in [0.717, 1.165) is 12.1 Å². The van der Waals surface area contributed by atoms with Gasteiger partial charge < -0.3 is 24.7 Å². The summed E-state index contributed by atoms with van der Waals surface area (Å²) in [6.07, 6.45) is -4.59. The first kappa shape index (κ1) is 27.3. The number of amides is 1. The lowest BCUT2D eigenvalue weighted by atomic mass is 9.93. The van der Waals surface area contributed by atoms with Gasteiger partial charge in [0.05, 0.1) is 17.1 Å². The summed E-state index contributed by atoms with van der Waals surface area (Å²) in [6.45, 7) is 6.31. The Hall–Kier alpha value is -2.94. The quantitative estimate of drug-likeness (QED) is 0.516. The summed E-state index contributed by atoms with van der Waals surface area (Å²) in [6, 6.07) is 9.14. The lowest BCUT2D eigenvalue weighted by Crippen LogP contribution is -2.58. The van der Waals surface area contributed by atoms with E-state index in [9.17, 15) is 27.9 Å². The molecule has 0 aliphatic rings. The maximum Gasteiger partial charge on any atom is 0.416 e. The van der Waals surface area contributed by atoms with Crippen LogP contribution in [-0.4, -0.2) is 23.2 Å². The number of ether oxygens (including phenoxy) is 2. The fourth-order valence-corrected chi connectivity index (χ4v) is 3.31. The number of carboxylic acids is 1. The molecule has 10 heteroatoms. The first-order valence-corrected chi connectivity index (χ1v) is 10.8. The SMILES string of the molecule is CC(C)(C)OC(=O)N[C@](C)(CCCc1ccc(Oc2cccc(C(F)(F)F)c2)cc1Cl)C(=O)[O-]. The molecule has 2 rings (SSSR count). The molecule has 0 aliphatic heterocycles. The summed E-state index contributed by atoms with van der Waals surface area (Å²) < 4.78 is 49.2. The highest BCUT2D eigenvalue weighted by Gasteiger charge is 2.31. The van der Waals surface area contributed by atoms with Gasteiger partial charge in [-0.25, -0.2) is 4.79 Å². The first-order valence-electron chi connectivity index (χ1n) is 10.5. The zero-order chi connectivity index (χ0) is 25.7. The molecule has 0 saturated carbocycles. The molecule has 0 heterocycles. The third kappa shape index (κ3) is 8.13. The van der Waals surface area contributed by atoms with Crippen LogP contribution in [0.2, 0.25) is 5.02 Å². The van der Waals surface area contributed by atoms with Crippen LogP contribution in [0.15, 0.2) is 42.5 Å². The monoisotopic (exact) mass is 500 g/mol. The highest BCUT2D eigenvalue weighted by molar-refractivity contribution is 6.31. The molecule has 6 nitrogen and oxygen atoms in total. The molecule has 1 atom stereocenters. The second-order valence-electron chi connectivity index (χ2n) is 8.98. The molecule has 186 valence electrons. The molecule has 1 N–H and O–H groups in total. The molecule has 34 heavy (non-hydrogen) atoms. The lowest BCUT2D eigenvalue weighted by Gasteiger charge is -2.33. The number of alkyl carbamates (subject to hydrolysis) is 1. The Morgan fingerprint density at radius 1 is 1.03 bits per heavy atom. The molecule has 2 aromatic rings. The van der Waals surface area contributed by atoms with Crippen molar-refractivity contribution in [3.63, 3.8) is 0 Å². The van der Waals surface area contributed by atoms with Gasteiger partial charge in [0.25, 0.3) is 0 Å². The van der Waals surface area contributed by atoms with Crippen LogP contribution >= 0.6 is 11.6 Å². The number of hydrogen-bond donors (Lipinski definition) is 1. The number of carbonyl (C=O) groups excluding carboxylic acids is 2. The van der Waals surface area contributed by atoms with Crippen molar-refractivity contribution in [1.29, 1.82) is 0 Å². The van der Waals surface area contributed by atoms with Crippen LogP contribution in [0.25, 0.3) is 0 Å². The fraction of sp³-hybridized carbons (Fsp3) is 0.417. The maximum absolute atomic E-state index is 12.9. The summed E-state index contributed by atoms with van der Waals surface area (Å²) in [5.74, 6) is -1.19. The van der Waals surface area contributed by atoms with Crippen LogP contribution < -0.4 is 15.2 Å². The van der Waals surface area contributed by atoms with Crippen molar-refractivity contribution in [2.45, 2.75) is 64.3 Å². The van der Waals surface area contributed by atoms with Gasteiger partial charge >= 0.3 is 12.3 Å². The molecule has 0 fully saturated rings. The van der Waals surface area contributed by atoms with E-state index in [1.54, 1.807) is 32.9 Å². The fourth-order valence-electron chi connectivity index (χ4n) is 3.04. The second-order valence-corrected chi connectivity index (χ2v) is 9.39. The number of aryl methyl sites for hydroxylation is 1. The summed E-state index contributed by atoms with van der Waals surface area (Å²) in [5, 5.41) is 14.3. The number of rotatable bonds is 8. The van der Waals surface area contributed by atoms with Crippen LogP contribution in [0.5, 0.6) is 11.5 Å². The molecule has 0 spiro atoms. The molecule has 0 bridgehead atoms. The maximum atomic E-state index is 12.9. The number of carboxylic acid groups (broad SMARTS) is 1. The number of hydrogen-bond acceptors (Lipinski definition) is 5. The minimum atomic E-state index is -4.49. The van der Waals surface area contributed by atoms with Crippen LogP contribution in [0.3, 0.4) is 0 Å². The van der Waals surface area contributed by atoms with Crippen LogP contribution in [0.1, 0.15) is 51.7 Å². The Balaban J connectivity index is 2.01. The molecular formula is C24H26ClF3NO5-. The Morgan fingerprint density at radius 2 is 1.68 bits per heavy atom. The first-order chi connectivity index (χ1) is 15.6. The van der Waals surface area contributed by atoms with E-state index in [1.807, 2.05) is 0 Å². The van der Waals surface area contributed by atoms with Crippen molar-refractivity contribution >= 4 is 23.7 Å². The standard InChI is InChI=1S/C24H27ClF3NO5/c1-22(2,3)34-21(32)29-23(4,20(30)31)12-6-7-15-10-11-18(14-19(15)25)33-17-9-5-8-16(13-17)24(26,27)28/h5,8-11,13-14H,6-7,12H2,1-4H3,(H,29,32)(H,30,31)/p-1/t23-/m1/s1. The molecule has 2 aromatic carbocycles. The van der Waals surface area contributed by atoms with Crippen molar-refractivity contribution in [3.05, 3.63) is 58.6 Å². The lowest BCUT2D eigenvalue weighted by molar-refractivity contribution is -0.313. The Morgan fingerprint density at radius 3 is 2.24 bits per heavy atom. The zero-order valence-corrected chi connectivity index (χ0v) is 20.0. The second kappa shape index (κ2) is 10.5. The van der Waals surface area contributed by atoms with Gasteiger partial charge in [0.15, 0.2) is 0 Å². The van der Waals surface area contributed by atoms with Gasteiger partial charge in [-0.3, -0.25) is 0 Å². The number of halogens is 4. The van der Waals surface area contributed by atoms with Gasteiger partial charge in [-0.2, -0.15) is 13.2 Å². The minimum Gasteiger partial charge on any atom is -0.548 e. The van der Waals surface area contributed by atoms with E-state index in [1.165, 1.54) is 25.1 Å². The normalized spacial score (nSPS) is 13.6. The van der Waals surface area contributed by atoms with Crippen LogP contribution in [-0.2, 0) is 22.1 Å². The molecule has 0 unspecified atom stereocenters. The van der Waals surface area contributed by atoms with Crippen molar-refractivity contribution in [2.75, 3.05) is 0 Å². The van der Waals surface area contributed by atoms with E-state index in [2.05, 4.69) is 5.32 Å². The third-order valence-corrected chi connectivity index (χ3v) is 5.12. The van der Waals surface area contributed by atoms with E-state index < -0.39 is 34.9 Å². The molecule has 0 aliphatic carbocycles. The van der Waals surface area contributed by atoms with Crippen LogP contribution in [0.4, 0.5) is 18.0 Å². The molecule has 0 aromatic heterocycles. The average Bonchev–Trinajstić information content (AvgIpc) is 2.67. The number of benzene rings is 2. The van der Waals surface area contributed by atoms with Crippen molar-refractivity contribution in [1.82, 2.24) is 5.32 Å². The molecular weight excluding hydrogens is 475 g/mol. The van der Waals surface area contributed by atoms with Gasteiger partial charge in [-0.05, 0) is 82.9 Å². The van der Waals surface area contributed by atoms with E-state index in [-0.39, 0.29) is 17.9 Å². The third-order valence-electron chi connectivity index (χ3n) is 4.77. The Labute approximate surface area is 201 Å². The average molecular weight is 501 g/mol. The molecule has 0 saturated heterocycles. The van der Waals surface area contributed by atoms with Gasteiger partial charge in [0.1, 0.15) is 17.1 Å². The number of aliphatic carboxylic acids is 1. The van der Waals surface area contributed by atoms with Crippen molar-refractivity contribution in [2.24, 2.45) is 0 Å². The highest BCUT2D eigenvalue weighted by atomic mass is 35.5. The van der Waals surface area contributed by atoms with Crippen LogP contribution in [0, 0.1) is 0 Å². The van der Waals surface area contributed by atoms with Gasteiger partial charge in [0, 0.05) is 5.02 Å². The Bertz CT molecular complexity index is 1040.